The smallest absolute Gasteiger partial charge is 0.234 e. The minimum Gasteiger partial charge on any atom is -0.369 e. The zero-order valence-corrected chi connectivity index (χ0v) is 17.1. The minimum atomic E-state index is -0.0487. The van der Waals surface area contributed by atoms with Gasteiger partial charge in [0, 0.05) is 36.9 Å². The molecule has 1 heterocycles. The first-order valence-electron chi connectivity index (χ1n) is 9.52. The highest BCUT2D eigenvalue weighted by molar-refractivity contribution is 6.30. The van der Waals surface area contributed by atoms with E-state index in [4.69, 9.17) is 11.6 Å². The van der Waals surface area contributed by atoms with Gasteiger partial charge in [-0.3, -0.25) is 9.69 Å². The first kappa shape index (κ1) is 19.7. The molecule has 0 aliphatic carbocycles. The number of aryl methyl sites for hydroxylation is 1. The molecule has 1 fully saturated rings. The molecular weight excluding hydrogens is 358 g/mol. The van der Waals surface area contributed by atoms with E-state index >= 15 is 0 Å². The Hall–Kier alpha value is -2.04. The van der Waals surface area contributed by atoms with Gasteiger partial charge in [-0.25, -0.2) is 0 Å². The summed E-state index contributed by atoms with van der Waals surface area (Å²) in [6, 6.07) is 14.1. The number of anilines is 1. The van der Waals surface area contributed by atoms with Crippen LogP contribution in [-0.4, -0.2) is 43.5 Å². The number of piperazine rings is 1. The maximum absolute atomic E-state index is 12.4. The number of benzene rings is 2. The predicted octanol–water partition coefficient (Wildman–Crippen LogP) is 3.96. The van der Waals surface area contributed by atoms with Gasteiger partial charge < -0.3 is 10.2 Å². The van der Waals surface area contributed by atoms with E-state index in [0.717, 1.165) is 31.7 Å². The number of nitrogens with zero attached hydrogens (tertiary/aromatic N) is 2. The van der Waals surface area contributed by atoms with Gasteiger partial charge in [0.2, 0.25) is 5.91 Å². The Morgan fingerprint density at radius 1 is 1.11 bits per heavy atom. The summed E-state index contributed by atoms with van der Waals surface area (Å²) in [6.07, 6.45) is 0. The molecule has 0 bridgehead atoms. The second kappa shape index (κ2) is 8.77. The lowest BCUT2D eigenvalue weighted by Crippen LogP contribution is -2.49. The minimum absolute atomic E-state index is 0.0487. The van der Waals surface area contributed by atoms with E-state index in [9.17, 15) is 4.79 Å². The molecule has 2 aromatic rings. The first-order valence-corrected chi connectivity index (χ1v) is 9.90. The maximum Gasteiger partial charge on any atom is 0.234 e. The Bertz CT molecular complexity index is 800. The van der Waals surface area contributed by atoms with Crippen LogP contribution >= 0.6 is 11.6 Å². The van der Waals surface area contributed by atoms with Crippen molar-refractivity contribution in [2.24, 2.45) is 0 Å². The molecule has 4 nitrogen and oxygen atoms in total. The molecule has 1 saturated heterocycles. The molecule has 0 radical (unpaired) electrons. The molecule has 27 heavy (non-hydrogen) atoms. The zero-order valence-electron chi connectivity index (χ0n) is 16.3. The van der Waals surface area contributed by atoms with Gasteiger partial charge >= 0.3 is 0 Å². The fourth-order valence-corrected chi connectivity index (χ4v) is 3.77. The van der Waals surface area contributed by atoms with Gasteiger partial charge in [0.15, 0.2) is 0 Å². The summed E-state index contributed by atoms with van der Waals surface area (Å²) in [5, 5.41) is 3.77. The number of halogens is 1. The third-order valence-corrected chi connectivity index (χ3v) is 5.62. The van der Waals surface area contributed by atoms with E-state index in [2.05, 4.69) is 47.2 Å². The van der Waals surface area contributed by atoms with Gasteiger partial charge in [0.1, 0.15) is 0 Å². The SMILES string of the molecule is Cc1cccc(N2CCN(CC(=O)N[C@@H](C)c3cccc(Cl)c3)CC2)c1C. The van der Waals surface area contributed by atoms with E-state index < -0.39 is 0 Å². The first-order chi connectivity index (χ1) is 12.9. The average molecular weight is 386 g/mol. The van der Waals surface area contributed by atoms with Crippen LogP contribution in [0.15, 0.2) is 42.5 Å². The molecule has 0 aromatic heterocycles. The Kier molecular flexibility index (Phi) is 6.40. The summed E-state index contributed by atoms with van der Waals surface area (Å²) < 4.78 is 0. The molecule has 5 heteroatoms. The van der Waals surface area contributed by atoms with Gasteiger partial charge in [-0.2, -0.15) is 0 Å². The van der Waals surface area contributed by atoms with E-state index in [1.165, 1.54) is 16.8 Å². The van der Waals surface area contributed by atoms with Gasteiger partial charge in [-0.1, -0.05) is 35.9 Å². The number of amides is 1. The van der Waals surface area contributed by atoms with Crippen molar-refractivity contribution < 1.29 is 4.79 Å². The Balaban J connectivity index is 1.50. The molecule has 1 aliphatic heterocycles. The van der Waals surface area contributed by atoms with Crippen LogP contribution in [-0.2, 0) is 4.79 Å². The summed E-state index contributed by atoms with van der Waals surface area (Å²) in [5.41, 5.74) is 5.01. The summed E-state index contributed by atoms with van der Waals surface area (Å²) in [6.45, 7) is 10.4. The molecule has 1 aliphatic rings. The van der Waals surface area contributed by atoms with Crippen molar-refractivity contribution in [2.45, 2.75) is 26.8 Å². The van der Waals surface area contributed by atoms with Crippen molar-refractivity contribution in [3.63, 3.8) is 0 Å². The largest absolute Gasteiger partial charge is 0.369 e. The molecular formula is C22H28ClN3O. The Morgan fingerprint density at radius 3 is 2.52 bits per heavy atom. The standard InChI is InChI=1S/C22H28ClN3O/c1-16-6-4-9-21(17(16)2)26-12-10-25(11-13-26)15-22(27)24-18(3)19-7-5-8-20(23)14-19/h4-9,14,18H,10-13,15H2,1-3H3,(H,24,27)/t18-/m0/s1. The van der Waals surface area contributed by atoms with Crippen LogP contribution in [0.25, 0.3) is 0 Å². The Labute approximate surface area is 167 Å². The molecule has 3 rings (SSSR count). The number of rotatable bonds is 5. The van der Waals surface area contributed by atoms with Crippen LogP contribution in [0, 0.1) is 13.8 Å². The normalized spacial score (nSPS) is 16.2. The van der Waals surface area contributed by atoms with Gasteiger partial charge in [0.25, 0.3) is 0 Å². The monoisotopic (exact) mass is 385 g/mol. The summed E-state index contributed by atoms with van der Waals surface area (Å²) in [4.78, 5) is 17.1. The molecule has 0 spiro atoms. The van der Waals surface area contributed by atoms with Crippen molar-refractivity contribution >= 4 is 23.2 Å². The average Bonchev–Trinajstić information content (AvgIpc) is 2.64. The van der Waals surface area contributed by atoms with E-state index in [0.29, 0.717) is 11.6 Å². The second-order valence-electron chi connectivity index (χ2n) is 7.33. The molecule has 1 N–H and O–H groups in total. The van der Waals surface area contributed by atoms with Crippen molar-refractivity contribution in [1.29, 1.82) is 0 Å². The summed E-state index contributed by atoms with van der Waals surface area (Å²) >= 11 is 6.04. The highest BCUT2D eigenvalue weighted by Crippen LogP contribution is 2.24. The zero-order chi connectivity index (χ0) is 19.4. The van der Waals surface area contributed by atoms with Crippen molar-refractivity contribution in [2.75, 3.05) is 37.6 Å². The van der Waals surface area contributed by atoms with Crippen molar-refractivity contribution in [1.82, 2.24) is 10.2 Å². The summed E-state index contributed by atoms with van der Waals surface area (Å²) in [7, 11) is 0. The van der Waals surface area contributed by atoms with Gasteiger partial charge in [-0.05, 0) is 55.7 Å². The van der Waals surface area contributed by atoms with Crippen LogP contribution < -0.4 is 10.2 Å². The van der Waals surface area contributed by atoms with E-state index in [1.807, 2.05) is 31.2 Å². The number of carbonyl (C=O) groups is 1. The number of hydrogen-bond acceptors (Lipinski definition) is 3. The predicted molar refractivity (Wildman–Crippen MR) is 113 cm³/mol. The van der Waals surface area contributed by atoms with E-state index in [1.54, 1.807) is 0 Å². The van der Waals surface area contributed by atoms with Crippen LogP contribution in [0.2, 0.25) is 5.02 Å². The van der Waals surface area contributed by atoms with Crippen LogP contribution in [0.3, 0.4) is 0 Å². The van der Waals surface area contributed by atoms with Gasteiger partial charge in [0.05, 0.1) is 12.6 Å². The van der Waals surface area contributed by atoms with Crippen LogP contribution in [0.4, 0.5) is 5.69 Å². The third-order valence-electron chi connectivity index (χ3n) is 5.38. The topological polar surface area (TPSA) is 35.6 Å². The molecule has 144 valence electrons. The number of carbonyl (C=O) groups excluding carboxylic acids is 1. The van der Waals surface area contributed by atoms with Crippen LogP contribution in [0.1, 0.15) is 29.7 Å². The lowest BCUT2D eigenvalue weighted by molar-refractivity contribution is -0.123. The van der Waals surface area contributed by atoms with Crippen molar-refractivity contribution in [3.8, 4) is 0 Å². The highest BCUT2D eigenvalue weighted by atomic mass is 35.5. The third kappa shape index (κ3) is 5.02. The Morgan fingerprint density at radius 2 is 1.81 bits per heavy atom. The number of hydrogen-bond donors (Lipinski definition) is 1. The second-order valence-corrected chi connectivity index (χ2v) is 7.76. The van der Waals surface area contributed by atoms with Crippen LogP contribution in [0.5, 0.6) is 0 Å². The lowest BCUT2D eigenvalue weighted by atomic mass is 10.1. The lowest BCUT2D eigenvalue weighted by Gasteiger charge is -2.36. The fourth-order valence-electron chi connectivity index (χ4n) is 3.57. The van der Waals surface area contributed by atoms with Crippen molar-refractivity contribution in [3.05, 3.63) is 64.2 Å². The molecule has 1 atom stereocenters. The molecule has 0 saturated carbocycles. The highest BCUT2D eigenvalue weighted by Gasteiger charge is 2.21. The maximum atomic E-state index is 12.4. The number of nitrogens with one attached hydrogen (secondary N) is 1. The quantitative estimate of drug-likeness (QED) is 0.846. The van der Waals surface area contributed by atoms with Gasteiger partial charge in [-0.15, -0.1) is 0 Å². The molecule has 0 unspecified atom stereocenters. The molecule has 2 aromatic carbocycles. The molecule has 1 amide bonds. The van der Waals surface area contributed by atoms with E-state index in [-0.39, 0.29) is 11.9 Å². The fraction of sp³-hybridized carbons (Fsp3) is 0.409. The summed E-state index contributed by atoms with van der Waals surface area (Å²) in [5.74, 6) is 0.0580.